The largest absolute Gasteiger partial charge is 0.127 e. The molecule has 19 heavy (non-hydrogen) atoms. The molecule has 0 saturated carbocycles. The van der Waals surface area contributed by atoms with Gasteiger partial charge in [-0.15, -0.1) is 11.3 Å². The van der Waals surface area contributed by atoms with Gasteiger partial charge in [-0.25, -0.2) is 0 Å². The number of hydrogen-bond acceptors (Lipinski definition) is 1. The average Bonchev–Trinajstić information content (AvgIpc) is 2.85. The van der Waals surface area contributed by atoms with E-state index in [1.165, 1.54) is 16.0 Å². The zero-order chi connectivity index (χ0) is 14.0. The third-order valence-electron chi connectivity index (χ3n) is 3.71. The standard InChI is InChI=1S/C16H18BrClS/c1-4-16(2,3)12-7-5-11(6-8-12)15(17)13-9-10-14(18)19-13/h5-10,15H,4H2,1-3H3. The predicted molar refractivity (Wildman–Crippen MR) is 89.9 cm³/mol. The summed E-state index contributed by atoms with van der Waals surface area (Å²) in [4.78, 5) is 1.47. The fraction of sp³-hybridized carbons (Fsp3) is 0.375. The van der Waals surface area contributed by atoms with E-state index in [1.807, 2.05) is 6.07 Å². The fourth-order valence-electron chi connectivity index (χ4n) is 1.94. The van der Waals surface area contributed by atoms with E-state index >= 15 is 0 Å². The molecule has 0 saturated heterocycles. The van der Waals surface area contributed by atoms with E-state index in [0.29, 0.717) is 0 Å². The Morgan fingerprint density at radius 2 is 1.79 bits per heavy atom. The van der Waals surface area contributed by atoms with Gasteiger partial charge in [0.2, 0.25) is 0 Å². The summed E-state index contributed by atoms with van der Waals surface area (Å²) < 4.78 is 0.836. The molecule has 0 nitrogen and oxygen atoms in total. The summed E-state index contributed by atoms with van der Waals surface area (Å²) in [5.41, 5.74) is 2.91. The third kappa shape index (κ3) is 3.42. The molecule has 0 amide bonds. The summed E-state index contributed by atoms with van der Waals surface area (Å²) in [6.07, 6.45) is 1.14. The quantitative estimate of drug-likeness (QED) is 0.542. The number of hydrogen-bond donors (Lipinski definition) is 0. The van der Waals surface area contributed by atoms with Crippen LogP contribution in [0.1, 0.15) is 48.0 Å². The zero-order valence-corrected chi connectivity index (χ0v) is 14.6. The van der Waals surface area contributed by atoms with Crippen LogP contribution in [-0.4, -0.2) is 0 Å². The molecule has 1 unspecified atom stereocenters. The molecular weight excluding hydrogens is 340 g/mol. The van der Waals surface area contributed by atoms with Crippen molar-refractivity contribution < 1.29 is 0 Å². The Morgan fingerprint density at radius 1 is 1.16 bits per heavy atom. The highest BCUT2D eigenvalue weighted by atomic mass is 79.9. The van der Waals surface area contributed by atoms with Crippen molar-refractivity contribution in [1.29, 1.82) is 0 Å². The molecule has 0 bridgehead atoms. The SMILES string of the molecule is CCC(C)(C)c1ccc(C(Br)c2ccc(Cl)s2)cc1. The van der Waals surface area contributed by atoms with Gasteiger partial charge in [-0.05, 0) is 35.1 Å². The minimum atomic E-state index is 0.226. The lowest BCUT2D eigenvalue weighted by atomic mass is 9.82. The van der Waals surface area contributed by atoms with Crippen LogP contribution < -0.4 is 0 Å². The van der Waals surface area contributed by atoms with Gasteiger partial charge in [0, 0.05) is 4.88 Å². The number of halogens is 2. The van der Waals surface area contributed by atoms with E-state index in [9.17, 15) is 0 Å². The molecule has 0 aliphatic rings. The number of alkyl halides is 1. The van der Waals surface area contributed by atoms with Crippen molar-refractivity contribution in [3.8, 4) is 0 Å². The first-order valence-electron chi connectivity index (χ1n) is 6.44. The van der Waals surface area contributed by atoms with Crippen molar-refractivity contribution in [1.82, 2.24) is 0 Å². The maximum absolute atomic E-state index is 5.99. The Balaban J connectivity index is 2.23. The highest BCUT2D eigenvalue weighted by Crippen LogP contribution is 2.37. The van der Waals surface area contributed by atoms with Crippen molar-refractivity contribution in [3.05, 3.63) is 56.7 Å². The van der Waals surface area contributed by atoms with Crippen LogP contribution in [0.5, 0.6) is 0 Å². The van der Waals surface area contributed by atoms with E-state index in [-0.39, 0.29) is 10.2 Å². The topological polar surface area (TPSA) is 0 Å². The third-order valence-corrected chi connectivity index (χ3v) is 6.33. The predicted octanol–water partition coefficient (Wildman–Crippen LogP) is 6.57. The maximum Gasteiger partial charge on any atom is 0.0931 e. The van der Waals surface area contributed by atoms with Crippen LogP contribution in [0.3, 0.4) is 0 Å². The Morgan fingerprint density at radius 3 is 2.26 bits per heavy atom. The normalized spacial score (nSPS) is 13.5. The molecule has 1 aromatic carbocycles. The maximum atomic E-state index is 5.99. The molecule has 0 spiro atoms. The molecule has 0 fully saturated rings. The zero-order valence-electron chi connectivity index (χ0n) is 11.4. The second-order valence-corrected chi connectivity index (χ2v) is 8.03. The number of benzene rings is 1. The molecule has 0 N–H and O–H groups in total. The van der Waals surface area contributed by atoms with Crippen molar-refractivity contribution in [3.63, 3.8) is 0 Å². The van der Waals surface area contributed by atoms with Crippen LogP contribution in [0, 0.1) is 0 Å². The first-order chi connectivity index (χ1) is 8.94. The fourth-order valence-corrected chi connectivity index (χ4v) is 3.74. The minimum Gasteiger partial charge on any atom is -0.127 e. The second-order valence-electron chi connectivity index (χ2n) is 5.36. The molecule has 1 heterocycles. The monoisotopic (exact) mass is 356 g/mol. The molecule has 1 atom stereocenters. The van der Waals surface area contributed by atoms with Crippen LogP contribution >= 0.6 is 38.9 Å². The molecule has 1 aromatic heterocycles. The van der Waals surface area contributed by atoms with Gasteiger partial charge in [-0.2, -0.15) is 0 Å². The Labute approximate surface area is 132 Å². The summed E-state index contributed by atoms with van der Waals surface area (Å²) in [5.74, 6) is 0. The van der Waals surface area contributed by atoms with Crippen molar-refractivity contribution >= 4 is 38.9 Å². The summed E-state index contributed by atoms with van der Waals surface area (Å²) in [6, 6.07) is 12.9. The van der Waals surface area contributed by atoms with Gasteiger partial charge in [-0.1, -0.05) is 72.6 Å². The average molecular weight is 358 g/mol. The van der Waals surface area contributed by atoms with Crippen LogP contribution in [-0.2, 0) is 5.41 Å². The van der Waals surface area contributed by atoms with E-state index in [0.717, 1.165) is 10.8 Å². The van der Waals surface area contributed by atoms with E-state index < -0.39 is 0 Å². The van der Waals surface area contributed by atoms with Crippen molar-refractivity contribution in [2.45, 2.75) is 37.4 Å². The Hall–Kier alpha value is -0.310. The lowest BCUT2D eigenvalue weighted by Crippen LogP contribution is -2.15. The van der Waals surface area contributed by atoms with Gasteiger partial charge in [0.25, 0.3) is 0 Å². The van der Waals surface area contributed by atoms with Gasteiger partial charge in [0.1, 0.15) is 0 Å². The molecule has 0 aliphatic heterocycles. The molecule has 2 rings (SSSR count). The van der Waals surface area contributed by atoms with E-state index in [2.05, 4.69) is 67.0 Å². The van der Waals surface area contributed by atoms with Crippen LogP contribution in [0.15, 0.2) is 36.4 Å². The smallest absolute Gasteiger partial charge is 0.0931 e. The lowest BCUT2D eigenvalue weighted by Gasteiger charge is -2.23. The summed E-state index contributed by atoms with van der Waals surface area (Å²) >= 11 is 11.4. The first kappa shape index (κ1) is 15.1. The van der Waals surface area contributed by atoms with Gasteiger partial charge in [0.05, 0.1) is 9.16 Å². The van der Waals surface area contributed by atoms with Gasteiger partial charge < -0.3 is 0 Å². The first-order valence-corrected chi connectivity index (χ1v) is 8.55. The summed E-state index contributed by atoms with van der Waals surface area (Å²) in [5, 5.41) is 0. The van der Waals surface area contributed by atoms with Crippen LogP contribution in [0.4, 0.5) is 0 Å². The van der Waals surface area contributed by atoms with Crippen molar-refractivity contribution in [2.24, 2.45) is 0 Å². The molecule has 0 radical (unpaired) electrons. The minimum absolute atomic E-state index is 0.226. The summed E-state index contributed by atoms with van der Waals surface area (Å²) in [7, 11) is 0. The van der Waals surface area contributed by atoms with Crippen molar-refractivity contribution in [2.75, 3.05) is 0 Å². The lowest BCUT2D eigenvalue weighted by molar-refractivity contribution is 0.506. The highest BCUT2D eigenvalue weighted by molar-refractivity contribution is 9.09. The van der Waals surface area contributed by atoms with Crippen LogP contribution in [0.25, 0.3) is 0 Å². The van der Waals surface area contributed by atoms with Gasteiger partial charge >= 0.3 is 0 Å². The van der Waals surface area contributed by atoms with E-state index in [4.69, 9.17) is 11.6 Å². The Bertz CT molecular complexity index is 542. The molecule has 2 aromatic rings. The number of thiophene rings is 1. The molecule has 3 heteroatoms. The summed E-state index contributed by atoms with van der Waals surface area (Å²) in [6.45, 7) is 6.80. The second kappa shape index (κ2) is 5.99. The van der Waals surface area contributed by atoms with Crippen LogP contribution in [0.2, 0.25) is 4.34 Å². The van der Waals surface area contributed by atoms with E-state index in [1.54, 1.807) is 11.3 Å². The highest BCUT2D eigenvalue weighted by Gasteiger charge is 2.19. The van der Waals surface area contributed by atoms with Gasteiger partial charge in [-0.3, -0.25) is 0 Å². The molecule has 0 aliphatic carbocycles. The Kier molecular flexibility index (Phi) is 4.75. The number of rotatable bonds is 4. The molecular formula is C16H18BrClS. The van der Waals surface area contributed by atoms with Gasteiger partial charge in [0.15, 0.2) is 0 Å². The molecule has 102 valence electrons.